The van der Waals surface area contributed by atoms with Crippen LogP contribution < -0.4 is 4.90 Å². The van der Waals surface area contributed by atoms with Crippen LogP contribution in [0.25, 0.3) is 10.1 Å². The summed E-state index contributed by atoms with van der Waals surface area (Å²) in [5, 5.41) is 1.15. The summed E-state index contributed by atoms with van der Waals surface area (Å²) in [5.74, 6) is -0.715. The van der Waals surface area contributed by atoms with E-state index in [9.17, 15) is 9.59 Å². The van der Waals surface area contributed by atoms with Crippen molar-refractivity contribution in [2.24, 2.45) is 0 Å². The van der Waals surface area contributed by atoms with Gasteiger partial charge in [-0.2, -0.15) is 0 Å². The Morgan fingerprint density at radius 1 is 1.29 bits per heavy atom. The number of anilines is 1. The van der Waals surface area contributed by atoms with Crippen LogP contribution in [0.5, 0.6) is 0 Å². The average Bonchev–Trinajstić information content (AvgIpc) is 3.27. The van der Waals surface area contributed by atoms with E-state index in [1.54, 1.807) is 11.3 Å². The predicted molar refractivity (Wildman–Crippen MR) is 92.5 cm³/mol. The Bertz CT molecular complexity index is 830. The fraction of sp³-hybridized carbons (Fsp3) is 0.444. The van der Waals surface area contributed by atoms with Crippen molar-refractivity contribution >= 4 is 39.0 Å². The second-order valence-corrected chi connectivity index (χ2v) is 7.40. The standard InChI is InChI=1S/C18H19NO4S/c1-22-14(20)10-18(17(21)23-2)13-8-5-9-19(13)15-11-6-3-4-7-12(11)24-16(15)18/h3-4,6-7,13H,5,8-10H2,1-2H3. The second-order valence-electron chi connectivity index (χ2n) is 6.34. The SMILES string of the molecule is COC(=O)CC1(C(=O)OC)c2sc3ccccc3c2N2CCCC21. The Kier molecular flexibility index (Phi) is 3.53. The molecule has 0 radical (unpaired) electrons. The van der Waals surface area contributed by atoms with Crippen molar-refractivity contribution in [1.82, 2.24) is 0 Å². The number of esters is 2. The molecule has 1 fully saturated rings. The molecule has 1 saturated heterocycles. The number of rotatable bonds is 3. The second kappa shape index (κ2) is 5.48. The van der Waals surface area contributed by atoms with Crippen molar-refractivity contribution < 1.29 is 19.1 Å². The molecule has 1 aromatic heterocycles. The van der Waals surface area contributed by atoms with Crippen molar-refractivity contribution in [1.29, 1.82) is 0 Å². The molecule has 24 heavy (non-hydrogen) atoms. The van der Waals surface area contributed by atoms with E-state index in [2.05, 4.69) is 17.0 Å². The van der Waals surface area contributed by atoms with Crippen LogP contribution in [0.1, 0.15) is 24.1 Å². The van der Waals surface area contributed by atoms with Gasteiger partial charge in [0, 0.05) is 21.5 Å². The minimum absolute atomic E-state index is 0.0250. The first-order valence-corrected chi connectivity index (χ1v) is 8.89. The molecule has 5 nitrogen and oxygen atoms in total. The molecule has 2 aliphatic heterocycles. The molecule has 6 heteroatoms. The number of ether oxygens (including phenoxy) is 2. The molecule has 2 atom stereocenters. The Hall–Kier alpha value is -2.08. The summed E-state index contributed by atoms with van der Waals surface area (Å²) in [4.78, 5) is 28.3. The first-order valence-electron chi connectivity index (χ1n) is 8.07. The highest BCUT2D eigenvalue weighted by molar-refractivity contribution is 7.20. The highest BCUT2D eigenvalue weighted by atomic mass is 32.1. The highest BCUT2D eigenvalue weighted by Gasteiger charge is 2.61. The molecule has 0 amide bonds. The Morgan fingerprint density at radius 3 is 2.83 bits per heavy atom. The van der Waals surface area contributed by atoms with E-state index < -0.39 is 5.41 Å². The van der Waals surface area contributed by atoms with E-state index in [4.69, 9.17) is 9.47 Å². The average molecular weight is 345 g/mol. The van der Waals surface area contributed by atoms with Gasteiger partial charge in [0.25, 0.3) is 0 Å². The van der Waals surface area contributed by atoms with E-state index in [0.29, 0.717) is 0 Å². The van der Waals surface area contributed by atoms with Crippen molar-refractivity contribution in [2.45, 2.75) is 30.7 Å². The predicted octanol–water partition coefficient (Wildman–Crippen LogP) is 2.86. The van der Waals surface area contributed by atoms with Gasteiger partial charge in [-0.3, -0.25) is 9.59 Å². The van der Waals surface area contributed by atoms with Crippen LogP contribution >= 0.6 is 11.3 Å². The molecule has 1 aromatic carbocycles. The lowest BCUT2D eigenvalue weighted by atomic mass is 9.77. The molecule has 0 aliphatic carbocycles. The molecular weight excluding hydrogens is 326 g/mol. The number of hydrogen-bond acceptors (Lipinski definition) is 6. The number of thiophene rings is 1. The normalized spacial score (nSPS) is 24.8. The fourth-order valence-corrected chi connectivity index (χ4v) is 5.74. The van der Waals surface area contributed by atoms with Crippen molar-refractivity contribution in [3.63, 3.8) is 0 Å². The van der Waals surface area contributed by atoms with Gasteiger partial charge in [-0.1, -0.05) is 18.2 Å². The molecule has 0 N–H and O–H groups in total. The van der Waals surface area contributed by atoms with Crippen LogP contribution in [0.15, 0.2) is 24.3 Å². The van der Waals surface area contributed by atoms with Crippen LogP contribution in [0, 0.1) is 0 Å². The number of methoxy groups -OCH3 is 2. The van der Waals surface area contributed by atoms with Crippen molar-refractivity contribution in [3.05, 3.63) is 29.1 Å². The maximum atomic E-state index is 12.9. The zero-order valence-corrected chi connectivity index (χ0v) is 14.5. The minimum Gasteiger partial charge on any atom is -0.469 e. The molecule has 2 aromatic rings. The zero-order chi connectivity index (χ0) is 16.9. The smallest absolute Gasteiger partial charge is 0.319 e. The van der Waals surface area contributed by atoms with Gasteiger partial charge in [0.1, 0.15) is 5.41 Å². The molecule has 0 bridgehead atoms. The monoisotopic (exact) mass is 345 g/mol. The third-order valence-corrected chi connectivity index (χ3v) is 6.62. The number of benzene rings is 1. The van der Waals surface area contributed by atoms with Crippen LogP contribution in [0.3, 0.4) is 0 Å². The molecule has 0 spiro atoms. The van der Waals surface area contributed by atoms with Crippen LogP contribution in [-0.4, -0.2) is 38.7 Å². The van der Waals surface area contributed by atoms with Gasteiger partial charge >= 0.3 is 11.9 Å². The van der Waals surface area contributed by atoms with Gasteiger partial charge in [0.15, 0.2) is 0 Å². The highest BCUT2D eigenvalue weighted by Crippen LogP contribution is 2.58. The Morgan fingerprint density at radius 2 is 2.08 bits per heavy atom. The summed E-state index contributed by atoms with van der Waals surface area (Å²) in [6, 6.07) is 8.12. The van der Waals surface area contributed by atoms with Gasteiger partial charge in [-0.25, -0.2) is 0 Å². The first-order chi connectivity index (χ1) is 11.6. The first kappa shape index (κ1) is 15.4. The number of hydrogen-bond donors (Lipinski definition) is 0. The lowest BCUT2D eigenvalue weighted by molar-refractivity contribution is -0.154. The Labute approximate surface area is 144 Å². The molecule has 0 saturated carbocycles. The molecular formula is C18H19NO4S. The number of carbonyl (C=O) groups excluding carboxylic acids is 2. The summed E-state index contributed by atoms with van der Waals surface area (Å²) in [6.45, 7) is 0.901. The van der Waals surface area contributed by atoms with E-state index in [0.717, 1.165) is 40.0 Å². The van der Waals surface area contributed by atoms with Crippen molar-refractivity contribution in [2.75, 3.05) is 25.7 Å². The molecule has 2 unspecified atom stereocenters. The molecule has 2 aliphatic rings. The number of fused-ring (bicyclic) bond motifs is 5. The van der Waals surface area contributed by atoms with Gasteiger partial charge in [0.05, 0.1) is 32.4 Å². The van der Waals surface area contributed by atoms with Crippen LogP contribution in [0.4, 0.5) is 5.69 Å². The summed E-state index contributed by atoms with van der Waals surface area (Å²) in [7, 11) is 2.76. The van der Waals surface area contributed by atoms with E-state index in [1.807, 2.05) is 12.1 Å². The van der Waals surface area contributed by atoms with Gasteiger partial charge in [-0.05, 0) is 18.9 Å². The van der Waals surface area contributed by atoms with E-state index in [-0.39, 0.29) is 24.4 Å². The molecule has 3 heterocycles. The van der Waals surface area contributed by atoms with Crippen LogP contribution in [-0.2, 0) is 24.5 Å². The van der Waals surface area contributed by atoms with Crippen LogP contribution in [0.2, 0.25) is 0 Å². The van der Waals surface area contributed by atoms with E-state index >= 15 is 0 Å². The molecule has 126 valence electrons. The van der Waals surface area contributed by atoms with E-state index in [1.165, 1.54) is 14.2 Å². The lowest BCUT2D eigenvalue weighted by Crippen LogP contribution is -2.49. The summed E-state index contributed by atoms with van der Waals surface area (Å²) < 4.78 is 11.2. The fourth-order valence-electron chi connectivity index (χ4n) is 4.30. The summed E-state index contributed by atoms with van der Waals surface area (Å²) in [5.41, 5.74) is 0.143. The zero-order valence-electron chi connectivity index (χ0n) is 13.7. The lowest BCUT2D eigenvalue weighted by Gasteiger charge is -2.32. The summed E-state index contributed by atoms with van der Waals surface area (Å²) in [6.07, 6.45) is 1.91. The maximum Gasteiger partial charge on any atom is 0.319 e. The number of carbonyl (C=O) groups is 2. The summed E-state index contributed by atoms with van der Waals surface area (Å²) >= 11 is 1.60. The van der Waals surface area contributed by atoms with Gasteiger partial charge < -0.3 is 14.4 Å². The molecule has 4 rings (SSSR count). The topological polar surface area (TPSA) is 55.8 Å². The van der Waals surface area contributed by atoms with Crippen molar-refractivity contribution in [3.8, 4) is 0 Å². The third kappa shape index (κ3) is 1.86. The largest absolute Gasteiger partial charge is 0.469 e. The maximum absolute atomic E-state index is 12.9. The minimum atomic E-state index is -0.961. The quantitative estimate of drug-likeness (QED) is 0.801. The third-order valence-electron chi connectivity index (χ3n) is 5.28. The Balaban J connectivity index is 1.99. The van der Waals surface area contributed by atoms with Gasteiger partial charge in [-0.15, -0.1) is 11.3 Å². The number of nitrogens with zero attached hydrogens (tertiary/aromatic N) is 1. The van der Waals surface area contributed by atoms with Gasteiger partial charge in [0.2, 0.25) is 0 Å².